The molecule has 6 heteroatoms. The van der Waals surface area contributed by atoms with Crippen LogP contribution < -0.4 is 0 Å². The van der Waals surface area contributed by atoms with Crippen molar-refractivity contribution in [3.8, 4) is 23.0 Å². The van der Waals surface area contributed by atoms with Crippen LogP contribution in [0.5, 0.6) is 0 Å². The van der Waals surface area contributed by atoms with E-state index in [4.69, 9.17) is 0 Å². The van der Waals surface area contributed by atoms with Crippen LogP contribution in [0.4, 0.5) is 8.78 Å². The topological polar surface area (TPSA) is 54.5 Å². The van der Waals surface area contributed by atoms with E-state index >= 15 is 0 Å². The Morgan fingerprint density at radius 2 is 1.87 bits per heavy atom. The SMILES string of the molecule is Cc1cccc(-n2nnc(C#N)c2-c2ccc(F)c(F)c2)c1C. The summed E-state index contributed by atoms with van der Waals surface area (Å²) in [4.78, 5) is 0. The first-order chi connectivity index (χ1) is 11.0. The van der Waals surface area contributed by atoms with Gasteiger partial charge in [0.15, 0.2) is 17.3 Å². The first-order valence-corrected chi connectivity index (χ1v) is 6.90. The van der Waals surface area contributed by atoms with E-state index in [-0.39, 0.29) is 5.69 Å². The summed E-state index contributed by atoms with van der Waals surface area (Å²) in [5.41, 5.74) is 3.47. The monoisotopic (exact) mass is 310 g/mol. The van der Waals surface area contributed by atoms with Crippen molar-refractivity contribution >= 4 is 0 Å². The molecule has 23 heavy (non-hydrogen) atoms. The maximum absolute atomic E-state index is 13.6. The predicted octanol–water partition coefficient (Wildman–Crippen LogP) is 3.70. The Morgan fingerprint density at radius 1 is 1.09 bits per heavy atom. The molecule has 1 aromatic heterocycles. The predicted molar refractivity (Wildman–Crippen MR) is 80.9 cm³/mol. The van der Waals surface area contributed by atoms with Crippen LogP contribution in [0, 0.1) is 36.8 Å². The molecule has 0 amide bonds. The van der Waals surface area contributed by atoms with Crippen molar-refractivity contribution in [2.45, 2.75) is 13.8 Å². The molecule has 0 radical (unpaired) electrons. The molecule has 0 aliphatic heterocycles. The van der Waals surface area contributed by atoms with E-state index in [9.17, 15) is 14.0 Å². The van der Waals surface area contributed by atoms with Crippen LogP contribution in [0.2, 0.25) is 0 Å². The molecule has 2 aromatic carbocycles. The summed E-state index contributed by atoms with van der Waals surface area (Å²) in [7, 11) is 0. The lowest BCUT2D eigenvalue weighted by atomic mass is 10.1. The lowest BCUT2D eigenvalue weighted by molar-refractivity contribution is 0.509. The molecule has 3 aromatic rings. The average molecular weight is 310 g/mol. The van der Waals surface area contributed by atoms with E-state index in [0.29, 0.717) is 11.3 Å². The fourth-order valence-corrected chi connectivity index (χ4v) is 2.39. The summed E-state index contributed by atoms with van der Waals surface area (Å²) >= 11 is 0. The molecule has 4 nitrogen and oxygen atoms in total. The van der Waals surface area contributed by atoms with Gasteiger partial charge in [0.25, 0.3) is 0 Å². The first kappa shape index (κ1) is 14.9. The molecule has 0 bridgehead atoms. The van der Waals surface area contributed by atoms with Crippen molar-refractivity contribution in [1.82, 2.24) is 15.0 Å². The Morgan fingerprint density at radius 3 is 2.57 bits per heavy atom. The van der Waals surface area contributed by atoms with E-state index in [2.05, 4.69) is 10.3 Å². The molecule has 0 aliphatic rings. The number of nitrogens with zero attached hydrogens (tertiary/aromatic N) is 4. The van der Waals surface area contributed by atoms with Crippen LogP contribution in [0.25, 0.3) is 16.9 Å². The van der Waals surface area contributed by atoms with Gasteiger partial charge in [-0.05, 0) is 49.2 Å². The summed E-state index contributed by atoms with van der Waals surface area (Å²) in [6.07, 6.45) is 0. The highest BCUT2D eigenvalue weighted by atomic mass is 19.2. The molecule has 1 heterocycles. The fourth-order valence-electron chi connectivity index (χ4n) is 2.39. The summed E-state index contributed by atoms with van der Waals surface area (Å²) in [5.74, 6) is -1.93. The zero-order valence-electron chi connectivity index (χ0n) is 12.5. The van der Waals surface area contributed by atoms with Crippen molar-refractivity contribution < 1.29 is 8.78 Å². The lowest BCUT2D eigenvalue weighted by Crippen LogP contribution is -2.03. The molecule has 114 valence electrons. The smallest absolute Gasteiger partial charge is 0.191 e. The van der Waals surface area contributed by atoms with Gasteiger partial charge >= 0.3 is 0 Å². The number of benzene rings is 2. The molecule has 0 N–H and O–H groups in total. The van der Waals surface area contributed by atoms with E-state index < -0.39 is 11.6 Å². The van der Waals surface area contributed by atoms with Gasteiger partial charge in [-0.1, -0.05) is 17.3 Å². The number of hydrogen-bond acceptors (Lipinski definition) is 3. The van der Waals surface area contributed by atoms with E-state index in [0.717, 1.165) is 28.9 Å². The molecule has 0 unspecified atom stereocenters. The Kier molecular flexibility index (Phi) is 3.62. The number of rotatable bonds is 2. The zero-order chi connectivity index (χ0) is 16.6. The second-order valence-corrected chi connectivity index (χ2v) is 5.16. The van der Waals surface area contributed by atoms with Gasteiger partial charge in [-0.25, -0.2) is 13.5 Å². The standard InChI is InChI=1S/C17H12F2N4/c1-10-4-3-5-16(11(10)2)23-17(15(9-20)21-22-23)12-6-7-13(18)14(19)8-12/h3-8H,1-2H3. The third kappa shape index (κ3) is 2.46. The second kappa shape index (κ2) is 5.61. The van der Waals surface area contributed by atoms with Crippen LogP contribution in [0.1, 0.15) is 16.8 Å². The van der Waals surface area contributed by atoms with Gasteiger partial charge in [-0.3, -0.25) is 0 Å². The number of halogens is 2. The Hall–Kier alpha value is -3.07. The van der Waals surface area contributed by atoms with Gasteiger partial charge < -0.3 is 0 Å². The van der Waals surface area contributed by atoms with Gasteiger partial charge in [0, 0.05) is 5.56 Å². The van der Waals surface area contributed by atoms with Crippen molar-refractivity contribution in [3.05, 3.63) is 64.9 Å². The van der Waals surface area contributed by atoms with Gasteiger partial charge in [0.2, 0.25) is 0 Å². The van der Waals surface area contributed by atoms with Crippen molar-refractivity contribution in [1.29, 1.82) is 5.26 Å². The highest BCUT2D eigenvalue weighted by Crippen LogP contribution is 2.28. The zero-order valence-corrected chi connectivity index (χ0v) is 12.5. The maximum atomic E-state index is 13.6. The van der Waals surface area contributed by atoms with Crippen LogP contribution in [-0.4, -0.2) is 15.0 Å². The highest BCUT2D eigenvalue weighted by molar-refractivity contribution is 5.67. The van der Waals surface area contributed by atoms with Crippen molar-refractivity contribution in [2.75, 3.05) is 0 Å². The molecule has 0 aliphatic carbocycles. The summed E-state index contributed by atoms with van der Waals surface area (Å²) in [6, 6.07) is 11.1. The van der Waals surface area contributed by atoms with Crippen LogP contribution >= 0.6 is 0 Å². The minimum atomic E-state index is -0.986. The molecule has 0 spiro atoms. The van der Waals surface area contributed by atoms with E-state index in [1.54, 1.807) is 0 Å². The quantitative estimate of drug-likeness (QED) is 0.725. The third-order valence-corrected chi connectivity index (χ3v) is 3.77. The van der Waals surface area contributed by atoms with Crippen LogP contribution in [0.15, 0.2) is 36.4 Å². The Labute approximate surface area is 131 Å². The van der Waals surface area contributed by atoms with Gasteiger partial charge in [-0.2, -0.15) is 5.26 Å². The van der Waals surface area contributed by atoms with Gasteiger partial charge in [-0.15, -0.1) is 5.10 Å². The summed E-state index contributed by atoms with van der Waals surface area (Å²) in [5, 5.41) is 17.1. The average Bonchev–Trinajstić information content (AvgIpc) is 2.96. The van der Waals surface area contributed by atoms with Gasteiger partial charge in [0.05, 0.1) is 5.69 Å². The van der Waals surface area contributed by atoms with Crippen LogP contribution in [0.3, 0.4) is 0 Å². The minimum absolute atomic E-state index is 0.0527. The molecule has 0 fully saturated rings. The fraction of sp³-hybridized carbons (Fsp3) is 0.118. The maximum Gasteiger partial charge on any atom is 0.191 e. The normalized spacial score (nSPS) is 10.6. The summed E-state index contributed by atoms with van der Waals surface area (Å²) < 4.78 is 28.2. The Bertz CT molecular complexity index is 938. The molecule has 0 saturated carbocycles. The number of aryl methyl sites for hydroxylation is 1. The first-order valence-electron chi connectivity index (χ1n) is 6.90. The van der Waals surface area contributed by atoms with Crippen LogP contribution in [-0.2, 0) is 0 Å². The van der Waals surface area contributed by atoms with E-state index in [1.807, 2.05) is 38.1 Å². The number of aromatic nitrogens is 3. The largest absolute Gasteiger partial charge is 0.211 e. The lowest BCUT2D eigenvalue weighted by Gasteiger charge is -2.11. The number of hydrogen-bond donors (Lipinski definition) is 0. The second-order valence-electron chi connectivity index (χ2n) is 5.16. The minimum Gasteiger partial charge on any atom is -0.211 e. The Balaban J connectivity index is 2.29. The molecule has 0 saturated heterocycles. The summed E-state index contributed by atoms with van der Waals surface area (Å²) in [6.45, 7) is 3.88. The highest BCUT2D eigenvalue weighted by Gasteiger charge is 2.19. The van der Waals surface area contributed by atoms with Gasteiger partial charge in [0.1, 0.15) is 11.8 Å². The number of nitriles is 1. The molecular weight excluding hydrogens is 298 g/mol. The van der Waals surface area contributed by atoms with Crippen molar-refractivity contribution in [3.63, 3.8) is 0 Å². The third-order valence-electron chi connectivity index (χ3n) is 3.77. The molecule has 0 atom stereocenters. The van der Waals surface area contributed by atoms with E-state index in [1.165, 1.54) is 10.7 Å². The molecular formula is C17H12F2N4. The van der Waals surface area contributed by atoms with Crippen molar-refractivity contribution in [2.24, 2.45) is 0 Å². The molecule has 3 rings (SSSR count).